The van der Waals surface area contributed by atoms with Crippen molar-refractivity contribution < 1.29 is 9.47 Å². The van der Waals surface area contributed by atoms with Crippen LogP contribution in [0.4, 0.5) is 0 Å². The van der Waals surface area contributed by atoms with E-state index in [2.05, 4.69) is 36.1 Å². The molecule has 2 atom stereocenters. The van der Waals surface area contributed by atoms with Crippen LogP contribution in [0.3, 0.4) is 0 Å². The van der Waals surface area contributed by atoms with Crippen molar-refractivity contribution in [2.24, 2.45) is 11.7 Å². The molecule has 1 heterocycles. The van der Waals surface area contributed by atoms with Crippen molar-refractivity contribution in [2.75, 3.05) is 20.2 Å². The molecule has 0 bridgehead atoms. The normalized spacial score (nSPS) is 21.0. The smallest absolute Gasteiger partial charge is 0.161 e. The summed E-state index contributed by atoms with van der Waals surface area (Å²) in [6.45, 7) is 5.65. The Balaban J connectivity index is 1.64. The minimum absolute atomic E-state index is 0.278. The van der Waals surface area contributed by atoms with Gasteiger partial charge in [-0.3, -0.25) is 4.90 Å². The number of hydrogen-bond donors (Lipinski definition) is 1. The van der Waals surface area contributed by atoms with Crippen molar-refractivity contribution in [1.82, 2.24) is 4.90 Å². The van der Waals surface area contributed by atoms with Crippen molar-refractivity contribution >= 4 is 0 Å². The fourth-order valence-corrected chi connectivity index (χ4v) is 3.15. The van der Waals surface area contributed by atoms with Gasteiger partial charge in [-0.15, -0.1) is 0 Å². The van der Waals surface area contributed by atoms with Gasteiger partial charge in [-0.1, -0.05) is 43.3 Å². The summed E-state index contributed by atoms with van der Waals surface area (Å²) in [5, 5.41) is 0. The lowest BCUT2D eigenvalue weighted by Gasteiger charge is -2.17. The summed E-state index contributed by atoms with van der Waals surface area (Å²) in [6, 6.07) is 16.6. The molecule has 4 heteroatoms. The third-order valence-electron chi connectivity index (χ3n) is 4.62. The number of nitrogens with two attached hydrogens (primary N) is 1. The van der Waals surface area contributed by atoms with Gasteiger partial charge >= 0.3 is 0 Å². The lowest BCUT2D eigenvalue weighted by atomic mass is 10.1. The van der Waals surface area contributed by atoms with Gasteiger partial charge in [0.2, 0.25) is 0 Å². The number of rotatable bonds is 6. The molecule has 0 saturated carbocycles. The molecule has 0 aliphatic carbocycles. The van der Waals surface area contributed by atoms with Crippen LogP contribution >= 0.6 is 0 Å². The Labute approximate surface area is 144 Å². The van der Waals surface area contributed by atoms with Crippen LogP contribution in [0.1, 0.15) is 18.1 Å². The topological polar surface area (TPSA) is 47.7 Å². The fourth-order valence-electron chi connectivity index (χ4n) is 3.15. The van der Waals surface area contributed by atoms with Gasteiger partial charge in [0.05, 0.1) is 7.11 Å². The fraction of sp³-hybridized carbons (Fsp3) is 0.400. The molecule has 0 spiro atoms. The highest BCUT2D eigenvalue weighted by molar-refractivity contribution is 5.43. The Morgan fingerprint density at radius 2 is 1.83 bits per heavy atom. The molecule has 1 fully saturated rings. The van der Waals surface area contributed by atoms with Gasteiger partial charge in [-0.2, -0.15) is 0 Å². The summed E-state index contributed by atoms with van der Waals surface area (Å²) in [6.07, 6.45) is 0. The molecule has 24 heavy (non-hydrogen) atoms. The average molecular weight is 326 g/mol. The van der Waals surface area contributed by atoms with E-state index in [9.17, 15) is 0 Å². The quantitative estimate of drug-likeness (QED) is 0.886. The summed E-state index contributed by atoms with van der Waals surface area (Å²) in [5.41, 5.74) is 8.48. The zero-order chi connectivity index (χ0) is 16.9. The first-order chi connectivity index (χ1) is 11.7. The Kier molecular flexibility index (Phi) is 5.38. The van der Waals surface area contributed by atoms with E-state index in [1.165, 1.54) is 5.56 Å². The number of nitrogens with zero attached hydrogens (tertiary/aromatic N) is 1. The first-order valence-corrected chi connectivity index (χ1v) is 8.47. The minimum atomic E-state index is 0.278. The molecule has 1 aliphatic heterocycles. The van der Waals surface area contributed by atoms with Crippen molar-refractivity contribution in [3.63, 3.8) is 0 Å². The Morgan fingerprint density at radius 1 is 1.04 bits per heavy atom. The van der Waals surface area contributed by atoms with E-state index in [0.29, 0.717) is 12.5 Å². The van der Waals surface area contributed by atoms with Gasteiger partial charge < -0.3 is 15.2 Å². The van der Waals surface area contributed by atoms with E-state index in [1.54, 1.807) is 7.11 Å². The van der Waals surface area contributed by atoms with E-state index < -0.39 is 0 Å². The number of methoxy groups -OCH3 is 1. The predicted molar refractivity (Wildman–Crippen MR) is 96.2 cm³/mol. The first-order valence-electron chi connectivity index (χ1n) is 8.47. The van der Waals surface area contributed by atoms with Crippen LogP contribution in [0, 0.1) is 5.92 Å². The second-order valence-corrected chi connectivity index (χ2v) is 6.59. The number of benzene rings is 2. The molecular weight excluding hydrogens is 300 g/mol. The largest absolute Gasteiger partial charge is 0.493 e. The van der Waals surface area contributed by atoms with Crippen molar-refractivity contribution in [1.29, 1.82) is 0 Å². The Hall–Kier alpha value is -2.04. The molecule has 128 valence electrons. The zero-order valence-electron chi connectivity index (χ0n) is 14.4. The summed E-state index contributed by atoms with van der Waals surface area (Å²) in [4.78, 5) is 2.40. The summed E-state index contributed by atoms with van der Waals surface area (Å²) in [5.74, 6) is 2.11. The summed E-state index contributed by atoms with van der Waals surface area (Å²) >= 11 is 0. The average Bonchev–Trinajstić information content (AvgIpc) is 2.92. The second-order valence-electron chi connectivity index (χ2n) is 6.59. The standard InChI is InChI=1S/C20H26N2O2/c1-15-11-22(13-18(15)21)12-17-8-9-19(20(10-17)23-2)24-14-16-6-4-3-5-7-16/h3-10,15,18H,11-14,21H2,1-2H3. The van der Waals surface area contributed by atoms with Crippen molar-refractivity contribution in [2.45, 2.75) is 26.1 Å². The lowest BCUT2D eigenvalue weighted by molar-refractivity contribution is 0.283. The molecule has 0 amide bonds. The lowest BCUT2D eigenvalue weighted by Crippen LogP contribution is -2.28. The van der Waals surface area contributed by atoms with Gasteiger partial charge in [0.25, 0.3) is 0 Å². The van der Waals surface area contributed by atoms with Crippen LogP contribution in [-0.4, -0.2) is 31.1 Å². The van der Waals surface area contributed by atoms with Gasteiger partial charge in [-0.25, -0.2) is 0 Å². The Morgan fingerprint density at radius 3 is 2.50 bits per heavy atom. The molecule has 4 nitrogen and oxygen atoms in total. The van der Waals surface area contributed by atoms with Crippen LogP contribution in [0.2, 0.25) is 0 Å². The van der Waals surface area contributed by atoms with Crippen molar-refractivity contribution in [3.05, 3.63) is 59.7 Å². The minimum Gasteiger partial charge on any atom is -0.493 e. The first kappa shape index (κ1) is 16.8. The highest BCUT2D eigenvalue weighted by Gasteiger charge is 2.26. The van der Waals surface area contributed by atoms with Crippen LogP contribution in [-0.2, 0) is 13.2 Å². The van der Waals surface area contributed by atoms with Crippen LogP contribution in [0.25, 0.3) is 0 Å². The van der Waals surface area contributed by atoms with Gasteiger partial charge in [0.15, 0.2) is 11.5 Å². The van der Waals surface area contributed by atoms with Gasteiger partial charge in [0.1, 0.15) is 6.61 Å². The van der Waals surface area contributed by atoms with E-state index in [0.717, 1.165) is 36.7 Å². The molecule has 2 N–H and O–H groups in total. The zero-order valence-corrected chi connectivity index (χ0v) is 14.4. The highest BCUT2D eigenvalue weighted by Crippen LogP contribution is 2.30. The molecule has 0 radical (unpaired) electrons. The SMILES string of the molecule is COc1cc(CN2CC(C)C(N)C2)ccc1OCc1ccccc1. The second kappa shape index (κ2) is 7.69. The summed E-state index contributed by atoms with van der Waals surface area (Å²) < 4.78 is 11.4. The number of likely N-dealkylation sites (tertiary alicyclic amines) is 1. The van der Waals surface area contributed by atoms with Crippen LogP contribution in [0.5, 0.6) is 11.5 Å². The van der Waals surface area contributed by atoms with Gasteiger partial charge in [-0.05, 0) is 29.2 Å². The molecule has 1 aliphatic rings. The van der Waals surface area contributed by atoms with E-state index in [1.807, 2.05) is 24.3 Å². The maximum absolute atomic E-state index is 6.11. The summed E-state index contributed by atoms with van der Waals surface area (Å²) in [7, 11) is 1.68. The maximum Gasteiger partial charge on any atom is 0.161 e. The van der Waals surface area contributed by atoms with E-state index in [4.69, 9.17) is 15.2 Å². The maximum atomic E-state index is 6.11. The molecule has 2 aromatic carbocycles. The van der Waals surface area contributed by atoms with Crippen LogP contribution < -0.4 is 15.2 Å². The number of hydrogen-bond acceptors (Lipinski definition) is 4. The molecule has 1 saturated heterocycles. The monoisotopic (exact) mass is 326 g/mol. The molecule has 2 aromatic rings. The molecular formula is C20H26N2O2. The van der Waals surface area contributed by atoms with Crippen molar-refractivity contribution in [3.8, 4) is 11.5 Å². The molecule has 3 rings (SSSR count). The third-order valence-corrected chi connectivity index (χ3v) is 4.62. The van der Waals surface area contributed by atoms with Gasteiger partial charge in [0, 0.05) is 25.7 Å². The Bertz CT molecular complexity index is 650. The predicted octanol–water partition coefficient (Wildman–Crippen LogP) is 3.05. The molecule has 2 unspecified atom stereocenters. The van der Waals surface area contributed by atoms with E-state index >= 15 is 0 Å². The van der Waals surface area contributed by atoms with Crippen LogP contribution in [0.15, 0.2) is 48.5 Å². The number of ether oxygens (including phenoxy) is 2. The molecule has 0 aromatic heterocycles. The highest BCUT2D eigenvalue weighted by atomic mass is 16.5. The third kappa shape index (κ3) is 4.08. The van der Waals surface area contributed by atoms with E-state index in [-0.39, 0.29) is 6.04 Å².